The van der Waals surface area contributed by atoms with Crippen LogP contribution in [0.5, 0.6) is 0 Å². The van der Waals surface area contributed by atoms with Crippen LogP contribution in [0.1, 0.15) is 11.3 Å². The number of carbonyl (C=O) groups is 1. The number of anilines is 1. The summed E-state index contributed by atoms with van der Waals surface area (Å²) in [7, 11) is 0. The Hall–Kier alpha value is -1.75. The van der Waals surface area contributed by atoms with Gasteiger partial charge >= 0.3 is 0 Å². The van der Waals surface area contributed by atoms with Gasteiger partial charge in [0.25, 0.3) is 0 Å². The molecule has 2 rings (SSSR count). The van der Waals surface area contributed by atoms with Gasteiger partial charge in [0.05, 0.1) is 10.9 Å². The molecular weight excluding hydrogens is 311 g/mol. The lowest BCUT2D eigenvalue weighted by molar-refractivity contribution is -0.115. The molecule has 98 valence electrons. The number of amides is 1. The Morgan fingerprint density at radius 3 is 2.89 bits per heavy atom. The van der Waals surface area contributed by atoms with Crippen LogP contribution in [0.25, 0.3) is 0 Å². The number of aromatic nitrogens is 1. The summed E-state index contributed by atoms with van der Waals surface area (Å²) in [6, 6.07) is 8.31. The van der Waals surface area contributed by atoms with Crippen LogP contribution in [0.2, 0.25) is 0 Å². The summed E-state index contributed by atoms with van der Waals surface area (Å²) >= 11 is 3.10. The Morgan fingerprint density at radius 2 is 2.21 bits per heavy atom. The number of halogens is 2. The van der Waals surface area contributed by atoms with Crippen LogP contribution in [0, 0.1) is 12.7 Å². The molecular formula is C14H12BrFN2O. The van der Waals surface area contributed by atoms with E-state index in [1.54, 1.807) is 31.3 Å². The Kier molecular flexibility index (Phi) is 4.27. The SMILES string of the molecule is Cc1cc(Br)c(F)cc1NC(=O)Cc1ccccn1. The highest BCUT2D eigenvalue weighted by Crippen LogP contribution is 2.24. The number of nitrogens with one attached hydrogen (secondary N) is 1. The fourth-order valence-electron chi connectivity index (χ4n) is 1.64. The highest BCUT2D eigenvalue weighted by atomic mass is 79.9. The number of pyridine rings is 1. The fourth-order valence-corrected chi connectivity index (χ4v) is 2.10. The molecule has 1 amide bonds. The van der Waals surface area contributed by atoms with E-state index in [1.807, 2.05) is 6.07 Å². The van der Waals surface area contributed by atoms with Gasteiger partial charge < -0.3 is 5.32 Å². The van der Waals surface area contributed by atoms with Gasteiger partial charge in [-0.2, -0.15) is 0 Å². The van der Waals surface area contributed by atoms with E-state index in [4.69, 9.17) is 0 Å². The molecule has 19 heavy (non-hydrogen) atoms. The summed E-state index contributed by atoms with van der Waals surface area (Å²) in [5.74, 6) is -0.623. The van der Waals surface area contributed by atoms with Crippen molar-refractivity contribution < 1.29 is 9.18 Å². The average Bonchev–Trinajstić information content (AvgIpc) is 2.37. The smallest absolute Gasteiger partial charge is 0.230 e. The van der Waals surface area contributed by atoms with E-state index in [9.17, 15) is 9.18 Å². The third-order valence-corrected chi connectivity index (χ3v) is 3.22. The summed E-state index contributed by atoms with van der Waals surface area (Å²) in [5.41, 5.74) is 1.94. The molecule has 0 aliphatic carbocycles. The lowest BCUT2D eigenvalue weighted by atomic mass is 10.2. The maximum Gasteiger partial charge on any atom is 0.230 e. The van der Waals surface area contributed by atoms with Crippen molar-refractivity contribution in [3.05, 3.63) is 58.1 Å². The zero-order valence-electron chi connectivity index (χ0n) is 10.3. The van der Waals surface area contributed by atoms with Crippen molar-refractivity contribution in [2.45, 2.75) is 13.3 Å². The predicted molar refractivity (Wildman–Crippen MR) is 75.4 cm³/mol. The van der Waals surface area contributed by atoms with E-state index >= 15 is 0 Å². The summed E-state index contributed by atoms with van der Waals surface area (Å²) < 4.78 is 13.8. The van der Waals surface area contributed by atoms with Gasteiger partial charge in [0.2, 0.25) is 5.91 Å². The van der Waals surface area contributed by atoms with Gasteiger partial charge in [-0.3, -0.25) is 9.78 Å². The van der Waals surface area contributed by atoms with E-state index in [1.165, 1.54) is 6.07 Å². The molecule has 1 aromatic carbocycles. The summed E-state index contributed by atoms with van der Waals surface area (Å²) in [6.45, 7) is 1.81. The third kappa shape index (κ3) is 3.61. The van der Waals surface area contributed by atoms with Gasteiger partial charge in [-0.15, -0.1) is 0 Å². The first-order valence-electron chi connectivity index (χ1n) is 5.71. The van der Waals surface area contributed by atoms with Crippen molar-refractivity contribution in [1.82, 2.24) is 4.98 Å². The average molecular weight is 323 g/mol. The van der Waals surface area contributed by atoms with Crippen LogP contribution < -0.4 is 5.32 Å². The summed E-state index contributed by atoms with van der Waals surface area (Å²) in [4.78, 5) is 15.9. The highest BCUT2D eigenvalue weighted by Gasteiger charge is 2.09. The van der Waals surface area contributed by atoms with Crippen LogP contribution in [0.3, 0.4) is 0 Å². The Morgan fingerprint density at radius 1 is 1.42 bits per heavy atom. The molecule has 0 saturated heterocycles. The maximum atomic E-state index is 13.4. The normalized spacial score (nSPS) is 10.3. The molecule has 0 bridgehead atoms. The molecule has 0 aliphatic rings. The molecule has 1 aromatic heterocycles. The van der Waals surface area contributed by atoms with Gasteiger partial charge in [-0.1, -0.05) is 6.07 Å². The molecule has 2 aromatic rings. The lowest BCUT2D eigenvalue weighted by Gasteiger charge is -2.09. The van der Waals surface area contributed by atoms with Crippen molar-refractivity contribution in [3.8, 4) is 0 Å². The Balaban J connectivity index is 2.09. The van der Waals surface area contributed by atoms with Gasteiger partial charge in [0.15, 0.2) is 0 Å². The fraction of sp³-hybridized carbons (Fsp3) is 0.143. The van der Waals surface area contributed by atoms with Gasteiger partial charge in [-0.05, 0) is 52.7 Å². The van der Waals surface area contributed by atoms with E-state index in [2.05, 4.69) is 26.2 Å². The standard InChI is InChI=1S/C14H12BrFN2O/c1-9-6-11(15)12(16)8-13(9)18-14(19)7-10-4-2-3-5-17-10/h2-6,8H,7H2,1H3,(H,18,19). The van der Waals surface area contributed by atoms with Crippen molar-refractivity contribution in [2.24, 2.45) is 0 Å². The molecule has 0 spiro atoms. The molecule has 0 radical (unpaired) electrons. The van der Waals surface area contributed by atoms with E-state index in [0.29, 0.717) is 15.9 Å². The van der Waals surface area contributed by atoms with E-state index in [-0.39, 0.29) is 12.3 Å². The largest absolute Gasteiger partial charge is 0.325 e. The van der Waals surface area contributed by atoms with Crippen molar-refractivity contribution in [1.29, 1.82) is 0 Å². The summed E-state index contributed by atoms with van der Waals surface area (Å²) in [5, 5.41) is 2.69. The first kappa shape index (κ1) is 13.7. The molecule has 3 nitrogen and oxygen atoms in total. The number of hydrogen-bond donors (Lipinski definition) is 1. The van der Waals surface area contributed by atoms with Crippen molar-refractivity contribution in [3.63, 3.8) is 0 Å². The molecule has 5 heteroatoms. The second-order valence-corrected chi connectivity index (χ2v) is 4.98. The molecule has 0 fully saturated rings. The number of aryl methyl sites for hydroxylation is 1. The number of benzene rings is 1. The molecule has 0 unspecified atom stereocenters. The minimum atomic E-state index is -0.404. The zero-order chi connectivity index (χ0) is 13.8. The van der Waals surface area contributed by atoms with Crippen LogP contribution >= 0.6 is 15.9 Å². The van der Waals surface area contributed by atoms with E-state index < -0.39 is 5.82 Å². The first-order chi connectivity index (χ1) is 9.06. The zero-order valence-corrected chi connectivity index (χ0v) is 11.9. The van der Waals surface area contributed by atoms with Crippen molar-refractivity contribution in [2.75, 3.05) is 5.32 Å². The van der Waals surface area contributed by atoms with Gasteiger partial charge in [-0.25, -0.2) is 4.39 Å². The maximum absolute atomic E-state index is 13.4. The van der Waals surface area contributed by atoms with Gasteiger partial charge in [0.1, 0.15) is 5.82 Å². The second-order valence-electron chi connectivity index (χ2n) is 4.13. The van der Waals surface area contributed by atoms with Crippen LogP contribution in [-0.4, -0.2) is 10.9 Å². The van der Waals surface area contributed by atoms with Crippen molar-refractivity contribution >= 4 is 27.5 Å². The highest BCUT2D eigenvalue weighted by molar-refractivity contribution is 9.10. The quantitative estimate of drug-likeness (QED) is 0.940. The molecule has 1 N–H and O–H groups in total. The number of carbonyl (C=O) groups excluding carboxylic acids is 1. The second kappa shape index (κ2) is 5.93. The number of hydrogen-bond acceptors (Lipinski definition) is 2. The molecule has 0 saturated carbocycles. The topological polar surface area (TPSA) is 42.0 Å². The minimum absolute atomic E-state index is 0.165. The monoisotopic (exact) mass is 322 g/mol. The lowest BCUT2D eigenvalue weighted by Crippen LogP contribution is -2.16. The van der Waals surface area contributed by atoms with Crippen LogP contribution in [-0.2, 0) is 11.2 Å². The Bertz CT molecular complexity index is 602. The number of nitrogens with zero attached hydrogens (tertiary/aromatic N) is 1. The molecule has 1 heterocycles. The summed E-state index contributed by atoms with van der Waals surface area (Å²) in [6.07, 6.45) is 1.80. The van der Waals surface area contributed by atoms with Crippen LogP contribution in [0.15, 0.2) is 41.0 Å². The third-order valence-electron chi connectivity index (χ3n) is 2.61. The van der Waals surface area contributed by atoms with Gasteiger partial charge in [0, 0.05) is 17.6 Å². The Labute approximate surface area is 119 Å². The first-order valence-corrected chi connectivity index (χ1v) is 6.51. The minimum Gasteiger partial charge on any atom is -0.325 e. The number of rotatable bonds is 3. The van der Waals surface area contributed by atoms with E-state index in [0.717, 1.165) is 5.56 Å². The predicted octanol–water partition coefficient (Wildman–Crippen LogP) is 3.47. The molecule has 0 aliphatic heterocycles. The van der Waals surface area contributed by atoms with Crippen LogP contribution in [0.4, 0.5) is 10.1 Å². The molecule has 0 atom stereocenters.